The SMILES string of the molecule is Cc1ccc(S(=O)(=O)N[C@H](C(=O)O)C2=CCC=CC2)cc1. The third kappa shape index (κ3) is 3.80. The minimum Gasteiger partial charge on any atom is -0.480 e. The van der Waals surface area contributed by atoms with E-state index in [4.69, 9.17) is 0 Å². The lowest BCUT2D eigenvalue weighted by atomic mass is 9.99. The van der Waals surface area contributed by atoms with Crippen molar-refractivity contribution in [1.29, 1.82) is 0 Å². The van der Waals surface area contributed by atoms with Crippen molar-refractivity contribution in [3.63, 3.8) is 0 Å². The zero-order valence-electron chi connectivity index (χ0n) is 11.6. The summed E-state index contributed by atoms with van der Waals surface area (Å²) in [5.41, 5.74) is 1.49. The fourth-order valence-electron chi connectivity index (χ4n) is 2.08. The molecule has 1 aromatic carbocycles. The molecule has 0 fully saturated rings. The summed E-state index contributed by atoms with van der Waals surface area (Å²) in [5, 5.41) is 9.29. The smallest absolute Gasteiger partial charge is 0.326 e. The lowest BCUT2D eigenvalue weighted by Crippen LogP contribution is -2.42. The molecule has 2 rings (SSSR count). The van der Waals surface area contributed by atoms with Crippen molar-refractivity contribution in [2.24, 2.45) is 0 Å². The maximum atomic E-state index is 12.3. The number of aliphatic carboxylic acids is 1. The van der Waals surface area contributed by atoms with Gasteiger partial charge in [-0.25, -0.2) is 8.42 Å². The summed E-state index contributed by atoms with van der Waals surface area (Å²) in [4.78, 5) is 11.4. The van der Waals surface area contributed by atoms with Gasteiger partial charge in [-0.3, -0.25) is 4.79 Å². The van der Waals surface area contributed by atoms with Crippen molar-refractivity contribution in [2.75, 3.05) is 0 Å². The zero-order chi connectivity index (χ0) is 15.5. The van der Waals surface area contributed by atoms with Gasteiger partial charge in [-0.1, -0.05) is 35.9 Å². The normalized spacial score (nSPS) is 16.3. The molecule has 0 heterocycles. The number of sulfonamides is 1. The van der Waals surface area contributed by atoms with Gasteiger partial charge < -0.3 is 5.11 Å². The minimum absolute atomic E-state index is 0.0614. The second-order valence-corrected chi connectivity index (χ2v) is 6.61. The maximum absolute atomic E-state index is 12.3. The molecule has 1 atom stereocenters. The minimum atomic E-state index is -3.87. The van der Waals surface area contributed by atoms with Crippen molar-refractivity contribution in [2.45, 2.75) is 30.7 Å². The second-order valence-electron chi connectivity index (χ2n) is 4.90. The van der Waals surface area contributed by atoms with Crippen LogP contribution in [0, 0.1) is 6.92 Å². The molecular formula is C15H17NO4S. The summed E-state index contributed by atoms with van der Waals surface area (Å²) >= 11 is 0. The highest BCUT2D eigenvalue weighted by molar-refractivity contribution is 7.89. The molecule has 0 aromatic heterocycles. The van der Waals surface area contributed by atoms with Gasteiger partial charge in [0.2, 0.25) is 10.0 Å². The van der Waals surface area contributed by atoms with E-state index >= 15 is 0 Å². The van der Waals surface area contributed by atoms with Crippen LogP contribution < -0.4 is 4.72 Å². The summed E-state index contributed by atoms with van der Waals surface area (Å²) in [5.74, 6) is -1.20. The van der Waals surface area contributed by atoms with E-state index in [-0.39, 0.29) is 4.90 Å². The Labute approximate surface area is 124 Å². The van der Waals surface area contributed by atoms with E-state index in [9.17, 15) is 18.3 Å². The number of carbonyl (C=O) groups is 1. The second kappa shape index (κ2) is 6.24. The third-order valence-electron chi connectivity index (χ3n) is 3.26. The first-order valence-electron chi connectivity index (χ1n) is 6.56. The maximum Gasteiger partial charge on any atom is 0.326 e. The van der Waals surface area contributed by atoms with Crippen LogP contribution in [0.5, 0.6) is 0 Å². The molecule has 21 heavy (non-hydrogen) atoms. The monoisotopic (exact) mass is 307 g/mol. The summed E-state index contributed by atoms with van der Waals surface area (Å²) < 4.78 is 26.8. The molecule has 1 aromatic rings. The van der Waals surface area contributed by atoms with Gasteiger partial charge in [0.05, 0.1) is 4.90 Å². The molecule has 6 heteroatoms. The number of nitrogens with one attached hydrogen (secondary N) is 1. The van der Waals surface area contributed by atoms with Crippen LogP contribution in [-0.4, -0.2) is 25.5 Å². The van der Waals surface area contributed by atoms with Crippen LogP contribution in [-0.2, 0) is 14.8 Å². The van der Waals surface area contributed by atoms with E-state index < -0.39 is 22.0 Å². The van der Waals surface area contributed by atoms with E-state index in [0.717, 1.165) is 5.56 Å². The van der Waals surface area contributed by atoms with E-state index in [0.29, 0.717) is 18.4 Å². The van der Waals surface area contributed by atoms with Crippen LogP contribution in [0.1, 0.15) is 18.4 Å². The van der Waals surface area contributed by atoms with Crippen LogP contribution in [0.15, 0.2) is 53.0 Å². The van der Waals surface area contributed by atoms with E-state index in [1.807, 2.05) is 19.1 Å². The first kappa shape index (κ1) is 15.5. The van der Waals surface area contributed by atoms with E-state index in [1.54, 1.807) is 18.2 Å². The van der Waals surface area contributed by atoms with E-state index in [2.05, 4.69) is 4.72 Å². The topological polar surface area (TPSA) is 83.5 Å². The quantitative estimate of drug-likeness (QED) is 0.815. The van der Waals surface area contributed by atoms with Gasteiger partial charge in [0.15, 0.2) is 0 Å². The molecule has 0 bridgehead atoms. The van der Waals surface area contributed by atoms with Crippen molar-refractivity contribution in [3.8, 4) is 0 Å². The molecular weight excluding hydrogens is 290 g/mol. The van der Waals surface area contributed by atoms with Crippen molar-refractivity contribution in [1.82, 2.24) is 4.72 Å². The molecule has 0 aliphatic heterocycles. The molecule has 1 aliphatic carbocycles. The summed E-state index contributed by atoms with van der Waals surface area (Å²) in [7, 11) is -3.87. The molecule has 112 valence electrons. The lowest BCUT2D eigenvalue weighted by Gasteiger charge is -2.19. The van der Waals surface area contributed by atoms with Crippen LogP contribution >= 0.6 is 0 Å². The first-order valence-corrected chi connectivity index (χ1v) is 8.04. The van der Waals surface area contributed by atoms with Crippen LogP contribution in [0.3, 0.4) is 0 Å². The van der Waals surface area contributed by atoms with Gasteiger partial charge in [0, 0.05) is 0 Å². The summed E-state index contributed by atoms with van der Waals surface area (Å²) in [6.07, 6.45) is 6.55. The largest absolute Gasteiger partial charge is 0.480 e. The number of hydrogen-bond acceptors (Lipinski definition) is 3. The van der Waals surface area contributed by atoms with Gasteiger partial charge in [0.1, 0.15) is 6.04 Å². The lowest BCUT2D eigenvalue weighted by molar-refractivity contribution is -0.138. The summed E-state index contributed by atoms with van der Waals surface area (Å²) in [6, 6.07) is 5.04. The van der Waals surface area contributed by atoms with Crippen LogP contribution in [0.4, 0.5) is 0 Å². The number of aryl methyl sites for hydroxylation is 1. The zero-order valence-corrected chi connectivity index (χ0v) is 12.4. The molecule has 0 unspecified atom stereocenters. The fourth-order valence-corrected chi connectivity index (χ4v) is 3.27. The summed E-state index contributed by atoms with van der Waals surface area (Å²) in [6.45, 7) is 1.85. The average Bonchev–Trinajstić information content (AvgIpc) is 2.46. The Balaban J connectivity index is 2.25. The van der Waals surface area contributed by atoms with Gasteiger partial charge in [-0.05, 0) is 37.5 Å². The Morgan fingerprint density at radius 3 is 2.43 bits per heavy atom. The Hall–Kier alpha value is -1.92. The number of allylic oxidation sites excluding steroid dienone is 3. The molecule has 0 amide bonds. The average molecular weight is 307 g/mol. The fraction of sp³-hybridized carbons (Fsp3) is 0.267. The number of carboxylic acids is 1. The van der Waals surface area contributed by atoms with Gasteiger partial charge in [-0.2, -0.15) is 4.72 Å². The Kier molecular flexibility index (Phi) is 4.59. The molecule has 0 spiro atoms. The number of carboxylic acid groups (broad SMARTS) is 1. The van der Waals surface area contributed by atoms with Gasteiger partial charge in [-0.15, -0.1) is 0 Å². The molecule has 0 saturated heterocycles. The van der Waals surface area contributed by atoms with E-state index in [1.165, 1.54) is 12.1 Å². The highest BCUT2D eigenvalue weighted by Gasteiger charge is 2.28. The third-order valence-corrected chi connectivity index (χ3v) is 4.70. The molecule has 2 N–H and O–H groups in total. The standard InChI is InChI=1S/C15H17NO4S/c1-11-7-9-13(10-8-11)21(19,20)16-14(15(17)18)12-5-3-2-4-6-12/h2-3,6-10,14,16H,4-5H2,1H3,(H,17,18)/t14-/m0/s1. The Morgan fingerprint density at radius 2 is 1.90 bits per heavy atom. The number of rotatable bonds is 5. The highest BCUT2D eigenvalue weighted by Crippen LogP contribution is 2.18. The van der Waals surface area contributed by atoms with Crippen molar-refractivity contribution >= 4 is 16.0 Å². The predicted octanol–water partition coefficient (Wildman–Crippen LogP) is 2.00. The van der Waals surface area contributed by atoms with Gasteiger partial charge in [0.25, 0.3) is 0 Å². The Morgan fingerprint density at radius 1 is 1.24 bits per heavy atom. The van der Waals surface area contributed by atoms with Gasteiger partial charge >= 0.3 is 5.97 Å². The molecule has 0 saturated carbocycles. The number of benzene rings is 1. The van der Waals surface area contributed by atoms with Crippen LogP contribution in [0.2, 0.25) is 0 Å². The highest BCUT2D eigenvalue weighted by atomic mass is 32.2. The molecule has 5 nitrogen and oxygen atoms in total. The predicted molar refractivity (Wildman–Crippen MR) is 79.4 cm³/mol. The number of hydrogen-bond donors (Lipinski definition) is 2. The molecule has 0 radical (unpaired) electrons. The van der Waals surface area contributed by atoms with Crippen molar-refractivity contribution < 1.29 is 18.3 Å². The first-order chi connectivity index (χ1) is 9.90. The van der Waals surface area contributed by atoms with Crippen molar-refractivity contribution in [3.05, 3.63) is 53.6 Å². The molecule has 1 aliphatic rings. The Bertz CT molecular complexity index is 687. The van der Waals surface area contributed by atoms with Crippen LogP contribution in [0.25, 0.3) is 0 Å².